The van der Waals surface area contributed by atoms with Crippen molar-refractivity contribution in [3.63, 3.8) is 0 Å². The SMILES string of the molecule is CCCCOC(=O)c1ccc(N)cc1.CN(C)CCC=C1c2ccccc2Sc2ccc(Cl)cc21.Cl. The number of hydrogen-bond donors (Lipinski definition) is 1. The van der Waals surface area contributed by atoms with Crippen molar-refractivity contribution in [3.05, 3.63) is 94.5 Å². The monoisotopic (exact) mass is 544 g/mol. The number of unbranched alkanes of at least 4 members (excludes halogenated alkanes) is 1. The summed E-state index contributed by atoms with van der Waals surface area (Å²) in [5.41, 5.74) is 10.6. The first kappa shape index (κ1) is 29.8. The van der Waals surface area contributed by atoms with Gasteiger partial charge < -0.3 is 15.4 Å². The Hall–Kier alpha value is -2.44. The Balaban J connectivity index is 0.000000268. The van der Waals surface area contributed by atoms with Crippen molar-refractivity contribution in [2.75, 3.05) is 33.0 Å². The van der Waals surface area contributed by atoms with Crippen LogP contribution in [0, 0.1) is 0 Å². The number of nitrogens with zero attached hydrogens (tertiary/aromatic N) is 1. The van der Waals surface area contributed by atoms with E-state index in [2.05, 4.69) is 68.4 Å². The highest BCUT2D eigenvalue weighted by atomic mass is 35.5. The van der Waals surface area contributed by atoms with Crippen molar-refractivity contribution < 1.29 is 9.53 Å². The molecule has 0 radical (unpaired) electrons. The van der Waals surface area contributed by atoms with Crippen LogP contribution in [0.3, 0.4) is 0 Å². The van der Waals surface area contributed by atoms with Gasteiger partial charge in [-0.25, -0.2) is 4.79 Å². The Labute approximate surface area is 230 Å². The molecule has 1 heterocycles. The van der Waals surface area contributed by atoms with E-state index in [1.807, 2.05) is 17.8 Å². The van der Waals surface area contributed by atoms with E-state index in [9.17, 15) is 4.79 Å². The van der Waals surface area contributed by atoms with E-state index in [-0.39, 0.29) is 18.4 Å². The lowest BCUT2D eigenvalue weighted by molar-refractivity contribution is 0.0500. The van der Waals surface area contributed by atoms with E-state index in [4.69, 9.17) is 22.1 Å². The van der Waals surface area contributed by atoms with Gasteiger partial charge in [0.1, 0.15) is 0 Å². The minimum absolute atomic E-state index is 0. The fourth-order valence-corrected chi connectivity index (χ4v) is 4.80. The molecule has 0 aromatic heterocycles. The predicted octanol–water partition coefficient (Wildman–Crippen LogP) is 7.84. The molecule has 3 aromatic rings. The van der Waals surface area contributed by atoms with Crippen LogP contribution in [0.4, 0.5) is 5.69 Å². The topological polar surface area (TPSA) is 55.6 Å². The van der Waals surface area contributed by atoms with Crippen molar-refractivity contribution in [2.24, 2.45) is 0 Å². The average molecular weight is 546 g/mol. The highest BCUT2D eigenvalue weighted by Gasteiger charge is 2.20. The number of fused-ring (bicyclic) bond motifs is 2. The molecule has 1 aliphatic heterocycles. The summed E-state index contributed by atoms with van der Waals surface area (Å²) in [7, 11) is 4.21. The second kappa shape index (κ2) is 15.0. The highest BCUT2D eigenvalue weighted by molar-refractivity contribution is 7.99. The first-order chi connectivity index (χ1) is 16.9. The van der Waals surface area contributed by atoms with Crippen LogP contribution < -0.4 is 5.73 Å². The molecule has 0 saturated carbocycles. The molecule has 0 fully saturated rings. The van der Waals surface area contributed by atoms with Gasteiger partial charge in [-0.2, -0.15) is 0 Å². The standard InChI is InChI=1S/C18H18ClNS.C11H15NO2.ClH/c1-20(2)11-5-7-14-15-6-3-4-8-17(15)21-18-10-9-13(19)12-16(14)18;1-2-3-8-14-11(13)9-4-6-10(12)7-5-9;/h3-4,6-10,12H,5,11H2,1-2H3;4-7H,2-3,8,12H2,1H3;1H. The maximum Gasteiger partial charge on any atom is 0.338 e. The van der Waals surface area contributed by atoms with Crippen molar-refractivity contribution in [2.45, 2.75) is 36.0 Å². The Morgan fingerprint density at radius 3 is 2.42 bits per heavy atom. The number of rotatable bonds is 7. The van der Waals surface area contributed by atoms with Crippen LogP contribution in [-0.4, -0.2) is 38.1 Å². The van der Waals surface area contributed by atoms with Crippen molar-refractivity contribution in [3.8, 4) is 0 Å². The molecule has 0 atom stereocenters. The summed E-state index contributed by atoms with van der Waals surface area (Å²) >= 11 is 8.03. The van der Waals surface area contributed by atoms with E-state index in [1.165, 1.54) is 26.5 Å². The quantitative estimate of drug-likeness (QED) is 0.146. The lowest BCUT2D eigenvalue weighted by Gasteiger charge is -2.22. The molecular weight excluding hydrogens is 511 g/mol. The Morgan fingerprint density at radius 1 is 1.03 bits per heavy atom. The van der Waals surface area contributed by atoms with Gasteiger partial charge in [-0.05, 0) is 92.2 Å². The largest absolute Gasteiger partial charge is 0.462 e. The Kier molecular flexibility index (Phi) is 12.4. The summed E-state index contributed by atoms with van der Waals surface area (Å²) in [5.74, 6) is -0.279. The molecule has 3 aromatic carbocycles. The molecule has 4 rings (SSSR count). The maximum atomic E-state index is 11.4. The van der Waals surface area contributed by atoms with Crippen molar-refractivity contribution >= 4 is 53.0 Å². The number of halogens is 2. The lowest BCUT2D eigenvalue weighted by atomic mass is 9.96. The van der Waals surface area contributed by atoms with E-state index >= 15 is 0 Å². The lowest BCUT2D eigenvalue weighted by Crippen LogP contribution is -2.12. The molecule has 192 valence electrons. The third-order valence-electron chi connectivity index (χ3n) is 5.43. The number of ether oxygens (including phenoxy) is 1. The minimum atomic E-state index is -0.279. The third kappa shape index (κ3) is 8.59. The third-order valence-corrected chi connectivity index (χ3v) is 6.82. The molecule has 7 heteroatoms. The summed E-state index contributed by atoms with van der Waals surface area (Å²) < 4.78 is 5.03. The van der Waals surface area contributed by atoms with E-state index in [1.54, 1.807) is 24.3 Å². The van der Waals surface area contributed by atoms with Gasteiger partial charge >= 0.3 is 5.97 Å². The van der Waals surface area contributed by atoms with Gasteiger partial charge in [-0.15, -0.1) is 12.4 Å². The number of anilines is 1. The average Bonchev–Trinajstić information content (AvgIpc) is 2.84. The van der Waals surface area contributed by atoms with Gasteiger partial charge in [0, 0.05) is 27.0 Å². The van der Waals surface area contributed by atoms with Gasteiger partial charge in [0.25, 0.3) is 0 Å². The van der Waals surface area contributed by atoms with Gasteiger partial charge in [-0.1, -0.05) is 61.0 Å². The van der Waals surface area contributed by atoms with Crippen LogP contribution in [0.1, 0.15) is 47.7 Å². The van der Waals surface area contributed by atoms with Gasteiger partial charge in [0.2, 0.25) is 0 Å². The molecule has 0 aliphatic carbocycles. The van der Waals surface area contributed by atoms with Crippen LogP contribution in [0.5, 0.6) is 0 Å². The summed E-state index contributed by atoms with van der Waals surface area (Å²) in [5, 5.41) is 0.798. The number of nitrogen functional groups attached to an aromatic ring is 1. The molecule has 1 aliphatic rings. The van der Waals surface area contributed by atoms with Crippen LogP contribution in [0.15, 0.2) is 82.6 Å². The molecule has 4 nitrogen and oxygen atoms in total. The van der Waals surface area contributed by atoms with Crippen molar-refractivity contribution in [1.82, 2.24) is 4.90 Å². The zero-order chi connectivity index (χ0) is 25.2. The zero-order valence-electron chi connectivity index (χ0n) is 21.0. The number of benzene rings is 3. The second-order valence-electron chi connectivity index (χ2n) is 8.56. The number of carbonyl (C=O) groups excluding carboxylic acids is 1. The van der Waals surface area contributed by atoms with E-state index in [0.29, 0.717) is 17.9 Å². The second-order valence-corrected chi connectivity index (χ2v) is 10.1. The summed E-state index contributed by atoms with van der Waals surface area (Å²) in [6.07, 6.45) is 5.30. The van der Waals surface area contributed by atoms with Crippen LogP contribution in [0.2, 0.25) is 5.02 Å². The summed E-state index contributed by atoms with van der Waals surface area (Å²) in [4.78, 5) is 16.2. The van der Waals surface area contributed by atoms with E-state index in [0.717, 1.165) is 30.8 Å². The van der Waals surface area contributed by atoms with Crippen molar-refractivity contribution in [1.29, 1.82) is 0 Å². The summed E-state index contributed by atoms with van der Waals surface area (Å²) in [6.45, 7) is 3.59. The molecule has 0 bridgehead atoms. The van der Waals surface area contributed by atoms with Crippen LogP contribution in [-0.2, 0) is 4.74 Å². The highest BCUT2D eigenvalue weighted by Crippen LogP contribution is 2.46. The van der Waals surface area contributed by atoms with Gasteiger partial charge in [0.05, 0.1) is 12.2 Å². The Morgan fingerprint density at radius 2 is 1.72 bits per heavy atom. The molecule has 0 amide bonds. The number of carbonyl (C=O) groups is 1. The number of esters is 1. The first-order valence-electron chi connectivity index (χ1n) is 11.8. The molecule has 2 N–H and O–H groups in total. The zero-order valence-corrected chi connectivity index (χ0v) is 23.4. The first-order valence-corrected chi connectivity index (χ1v) is 13.0. The maximum absolute atomic E-state index is 11.4. The van der Waals surface area contributed by atoms with Gasteiger partial charge in [-0.3, -0.25) is 0 Å². The normalized spacial score (nSPS) is 12.6. The molecule has 0 spiro atoms. The van der Waals surface area contributed by atoms with Crippen LogP contribution in [0.25, 0.3) is 5.57 Å². The molecule has 0 saturated heterocycles. The molecule has 0 unspecified atom stereocenters. The number of hydrogen-bond acceptors (Lipinski definition) is 5. The van der Waals surface area contributed by atoms with Crippen LogP contribution >= 0.6 is 35.8 Å². The molecule has 36 heavy (non-hydrogen) atoms. The number of nitrogens with two attached hydrogens (primary N) is 1. The Bertz CT molecular complexity index is 1160. The van der Waals surface area contributed by atoms with Gasteiger partial charge in [0.15, 0.2) is 0 Å². The van der Waals surface area contributed by atoms with E-state index < -0.39 is 0 Å². The summed E-state index contributed by atoms with van der Waals surface area (Å²) in [6, 6.07) is 21.5. The fourth-order valence-electron chi connectivity index (χ4n) is 3.54. The molecular formula is C29H34Cl2N2O2S. The predicted molar refractivity (Wildman–Crippen MR) is 156 cm³/mol. The minimum Gasteiger partial charge on any atom is -0.462 e. The smallest absolute Gasteiger partial charge is 0.338 e. The fraction of sp³-hybridized carbons (Fsp3) is 0.276.